The van der Waals surface area contributed by atoms with Crippen LogP contribution in [-0.4, -0.2) is 55.6 Å². The van der Waals surface area contributed by atoms with Crippen molar-refractivity contribution in [2.24, 2.45) is 0 Å². The molecule has 1 aromatic rings. The number of hydrogen-bond donors (Lipinski definition) is 1. The molecule has 1 aromatic carbocycles. The van der Waals surface area contributed by atoms with Crippen molar-refractivity contribution < 1.29 is 4.39 Å². The van der Waals surface area contributed by atoms with E-state index in [-0.39, 0.29) is 5.82 Å². The molecule has 1 atom stereocenters. The zero-order chi connectivity index (χ0) is 15.1. The minimum absolute atomic E-state index is 0.162. The molecule has 1 unspecified atom stereocenters. The SMILES string of the molecule is CCNC(CCN1CCN(CC)CC1)c1ccc(F)cc1. The lowest BCUT2D eigenvalue weighted by molar-refractivity contribution is 0.133. The van der Waals surface area contributed by atoms with Crippen molar-refractivity contribution in [2.75, 3.05) is 45.8 Å². The van der Waals surface area contributed by atoms with Crippen molar-refractivity contribution in [1.82, 2.24) is 15.1 Å². The fraction of sp³-hybridized carbons (Fsp3) is 0.647. The first-order valence-electron chi connectivity index (χ1n) is 8.16. The van der Waals surface area contributed by atoms with Gasteiger partial charge in [-0.2, -0.15) is 0 Å². The molecule has 1 N–H and O–H groups in total. The summed E-state index contributed by atoms with van der Waals surface area (Å²) < 4.78 is 13.0. The number of rotatable bonds is 7. The maximum absolute atomic E-state index is 13.0. The molecule has 1 heterocycles. The topological polar surface area (TPSA) is 18.5 Å². The first-order chi connectivity index (χ1) is 10.2. The van der Waals surface area contributed by atoms with Crippen LogP contribution in [-0.2, 0) is 0 Å². The van der Waals surface area contributed by atoms with Gasteiger partial charge in [0.25, 0.3) is 0 Å². The third-order valence-corrected chi connectivity index (χ3v) is 4.37. The lowest BCUT2D eigenvalue weighted by Crippen LogP contribution is -2.46. The van der Waals surface area contributed by atoms with E-state index in [4.69, 9.17) is 0 Å². The van der Waals surface area contributed by atoms with Gasteiger partial charge in [0, 0.05) is 38.8 Å². The normalized spacial score (nSPS) is 18.8. The Morgan fingerprint density at radius 3 is 2.24 bits per heavy atom. The van der Waals surface area contributed by atoms with E-state index in [0.29, 0.717) is 6.04 Å². The molecule has 0 saturated carbocycles. The molecule has 118 valence electrons. The van der Waals surface area contributed by atoms with Crippen LogP contribution in [0, 0.1) is 5.82 Å². The predicted octanol–water partition coefficient (Wildman–Crippen LogP) is 2.50. The average molecular weight is 293 g/mol. The molecule has 0 radical (unpaired) electrons. The molecule has 0 aromatic heterocycles. The van der Waals surface area contributed by atoms with Crippen LogP contribution in [0.2, 0.25) is 0 Å². The fourth-order valence-electron chi connectivity index (χ4n) is 2.97. The highest BCUT2D eigenvalue weighted by atomic mass is 19.1. The summed E-state index contributed by atoms with van der Waals surface area (Å²) in [6, 6.07) is 7.23. The molecule has 1 saturated heterocycles. The van der Waals surface area contributed by atoms with Gasteiger partial charge < -0.3 is 15.1 Å². The molecule has 21 heavy (non-hydrogen) atoms. The number of piperazine rings is 1. The Bertz CT molecular complexity index is 399. The molecule has 0 bridgehead atoms. The van der Waals surface area contributed by atoms with Gasteiger partial charge in [-0.1, -0.05) is 26.0 Å². The molecule has 3 nitrogen and oxygen atoms in total. The Hall–Kier alpha value is -0.970. The quantitative estimate of drug-likeness (QED) is 0.833. The van der Waals surface area contributed by atoms with E-state index < -0.39 is 0 Å². The molecular formula is C17H28FN3. The smallest absolute Gasteiger partial charge is 0.123 e. The summed E-state index contributed by atoms with van der Waals surface area (Å²) >= 11 is 0. The number of hydrogen-bond acceptors (Lipinski definition) is 3. The van der Waals surface area contributed by atoms with Gasteiger partial charge in [0.15, 0.2) is 0 Å². The average Bonchev–Trinajstić information content (AvgIpc) is 2.53. The molecule has 1 aliphatic rings. The molecule has 0 amide bonds. The summed E-state index contributed by atoms with van der Waals surface area (Å²) in [6.45, 7) is 12.2. The number of benzene rings is 1. The van der Waals surface area contributed by atoms with Gasteiger partial charge >= 0.3 is 0 Å². The summed E-state index contributed by atoms with van der Waals surface area (Å²) in [7, 11) is 0. The van der Waals surface area contributed by atoms with E-state index in [1.165, 1.54) is 18.7 Å². The van der Waals surface area contributed by atoms with Gasteiger partial charge in [-0.25, -0.2) is 4.39 Å². The van der Waals surface area contributed by atoms with Crippen LogP contribution in [0.4, 0.5) is 4.39 Å². The van der Waals surface area contributed by atoms with Crippen LogP contribution >= 0.6 is 0 Å². The molecule has 4 heteroatoms. The van der Waals surface area contributed by atoms with Gasteiger partial charge in [-0.15, -0.1) is 0 Å². The van der Waals surface area contributed by atoms with E-state index in [2.05, 4.69) is 29.0 Å². The second kappa shape index (κ2) is 8.47. The van der Waals surface area contributed by atoms with E-state index in [1.54, 1.807) is 12.1 Å². The lowest BCUT2D eigenvalue weighted by Gasteiger charge is -2.34. The second-order valence-corrected chi connectivity index (χ2v) is 5.73. The van der Waals surface area contributed by atoms with Crippen LogP contribution in [0.3, 0.4) is 0 Å². The summed E-state index contributed by atoms with van der Waals surface area (Å²) in [6.07, 6.45) is 1.07. The summed E-state index contributed by atoms with van der Waals surface area (Å²) in [5.41, 5.74) is 1.19. The monoisotopic (exact) mass is 293 g/mol. The van der Waals surface area contributed by atoms with E-state index in [0.717, 1.165) is 39.1 Å². The van der Waals surface area contributed by atoms with Crippen LogP contribution in [0.25, 0.3) is 0 Å². The molecule has 0 spiro atoms. The minimum atomic E-state index is -0.162. The zero-order valence-corrected chi connectivity index (χ0v) is 13.3. The van der Waals surface area contributed by atoms with E-state index in [1.807, 2.05) is 12.1 Å². The first-order valence-corrected chi connectivity index (χ1v) is 8.16. The van der Waals surface area contributed by atoms with Gasteiger partial charge in [-0.3, -0.25) is 0 Å². The Labute approximate surface area is 128 Å². The van der Waals surface area contributed by atoms with Crippen molar-refractivity contribution in [3.63, 3.8) is 0 Å². The summed E-state index contributed by atoms with van der Waals surface area (Å²) in [5.74, 6) is -0.162. The van der Waals surface area contributed by atoms with Gasteiger partial charge in [0.2, 0.25) is 0 Å². The highest BCUT2D eigenvalue weighted by Crippen LogP contribution is 2.18. The van der Waals surface area contributed by atoms with Crippen molar-refractivity contribution in [3.8, 4) is 0 Å². The third kappa shape index (κ3) is 5.06. The molecule has 1 fully saturated rings. The summed E-state index contributed by atoms with van der Waals surface area (Å²) in [4.78, 5) is 5.04. The fourth-order valence-corrected chi connectivity index (χ4v) is 2.97. The predicted molar refractivity (Wildman–Crippen MR) is 86.0 cm³/mol. The minimum Gasteiger partial charge on any atom is -0.310 e. The van der Waals surface area contributed by atoms with E-state index >= 15 is 0 Å². The van der Waals surface area contributed by atoms with Gasteiger partial charge in [0.1, 0.15) is 5.82 Å². The number of likely N-dealkylation sites (N-methyl/N-ethyl adjacent to an activating group) is 1. The van der Waals surface area contributed by atoms with Crippen LogP contribution in [0.15, 0.2) is 24.3 Å². The molecular weight excluding hydrogens is 265 g/mol. The lowest BCUT2D eigenvalue weighted by atomic mass is 10.0. The standard InChI is InChI=1S/C17H28FN3/c1-3-19-17(15-5-7-16(18)8-6-15)9-10-21-13-11-20(4-2)12-14-21/h5-8,17,19H,3-4,9-14H2,1-2H3. The molecule has 0 aliphatic carbocycles. The van der Waals surface area contributed by atoms with Crippen LogP contribution in [0.5, 0.6) is 0 Å². The Morgan fingerprint density at radius 1 is 1.05 bits per heavy atom. The van der Waals surface area contributed by atoms with E-state index in [9.17, 15) is 4.39 Å². The van der Waals surface area contributed by atoms with Gasteiger partial charge in [-0.05, 0) is 37.2 Å². The number of nitrogens with one attached hydrogen (secondary N) is 1. The third-order valence-electron chi connectivity index (χ3n) is 4.37. The second-order valence-electron chi connectivity index (χ2n) is 5.73. The van der Waals surface area contributed by atoms with Gasteiger partial charge in [0.05, 0.1) is 0 Å². The number of nitrogens with zero attached hydrogens (tertiary/aromatic N) is 2. The largest absolute Gasteiger partial charge is 0.310 e. The Morgan fingerprint density at radius 2 is 1.67 bits per heavy atom. The van der Waals surface area contributed by atoms with Crippen molar-refractivity contribution in [2.45, 2.75) is 26.3 Å². The highest BCUT2D eigenvalue weighted by molar-refractivity contribution is 5.19. The Kier molecular flexibility index (Phi) is 6.61. The summed E-state index contributed by atoms with van der Waals surface area (Å²) in [5, 5.41) is 3.52. The maximum atomic E-state index is 13.0. The first kappa shape index (κ1) is 16.4. The maximum Gasteiger partial charge on any atom is 0.123 e. The molecule has 2 rings (SSSR count). The van der Waals surface area contributed by atoms with Crippen molar-refractivity contribution >= 4 is 0 Å². The number of halogens is 1. The Balaban J connectivity index is 1.84. The highest BCUT2D eigenvalue weighted by Gasteiger charge is 2.17. The van der Waals surface area contributed by atoms with Crippen LogP contribution < -0.4 is 5.32 Å². The zero-order valence-electron chi connectivity index (χ0n) is 13.3. The van der Waals surface area contributed by atoms with Crippen molar-refractivity contribution in [1.29, 1.82) is 0 Å². The van der Waals surface area contributed by atoms with Crippen molar-refractivity contribution in [3.05, 3.63) is 35.6 Å². The molecule has 1 aliphatic heterocycles. The van der Waals surface area contributed by atoms with Crippen LogP contribution in [0.1, 0.15) is 31.9 Å².